The van der Waals surface area contributed by atoms with Gasteiger partial charge in [-0.3, -0.25) is 9.59 Å². The second-order valence-corrected chi connectivity index (χ2v) is 7.91. The van der Waals surface area contributed by atoms with Crippen LogP contribution in [0.25, 0.3) is 0 Å². The Morgan fingerprint density at radius 1 is 0.759 bits per heavy atom. The molecule has 5 nitrogen and oxygen atoms in total. The number of hydrogen-bond acceptors (Lipinski definition) is 3. The fraction of sp³-hybridized carbons (Fsp3) is 0.417. The summed E-state index contributed by atoms with van der Waals surface area (Å²) < 4.78 is 6.03. The zero-order chi connectivity index (χ0) is 21.0. The quantitative estimate of drug-likeness (QED) is 0.786. The van der Waals surface area contributed by atoms with E-state index in [0.29, 0.717) is 13.1 Å². The summed E-state index contributed by atoms with van der Waals surface area (Å²) in [6.45, 7) is 8.75. The second kappa shape index (κ2) is 9.23. The molecule has 2 aromatic rings. The Morgan fingerprint density at radius 2 is 1.10 bits per heavy atom. The molecule has 0 spiro atoms. The van der Waals surface area contributed by atoms with Crippen molar-refractivity contribution in [3.05, 3.63) is 69.8 Å². The van der Waals surface area contributed by atoms with E-state index in [0.717, 1.165) is 46.2 Å². The molecule has 154 valence electrons. The van der Waals surface area contributed by atoms with Crippen molar-refractivity contribution >= 4 is 11.8 Å². The SMILES string of the molecule is Cc1cccc(C)c1C(=O)NC[C@H]1CC[C@@H](CNC(=O)c2c(C)cccc2C)O1. The van der Waals surface area contributed by atoms with Crippen molar-refractivity contribution in [2.75, 3.05) is 13.1 Å². The molecule has 29 heavy (non-hydrogen) atoms. The molecule has 0 aliphatic carbocycles. The molecular formula is C24H30N2O3. The summed E-state index contributed by atoms with van der Waals surface area (Å²) >= 11 is 0. The van der Waals surface area contributed by atoms with Crippen LogP contribution in [0.1, 0.15) is 55.8 Å². The van der Waals surface area contributed by atoms with E-state index in [9.17, 15) is 9.59 Å². The average Bonchev–Trinajstić information content (AvgIpc) is 3.12. The second-order valence-electron chi connectivity index (χ2n) is 7.91. The van der Waals surface area contributed by atoms with E-state index in [4.69, 9.17) is 4.74 Å². The van der Waals surface area contributed by atoms with Crippen LogP contribution in [0.3, 0.4) is 0 Å². The molecule has 0 bridgehead atoms. The van der Waals surface area contributed by atoms with Crippen molar-refractivity contribution in [3.63, 3.8) is 0 Å². The molecule has 2 aromatic carbocycles. The highest BCUT2D eigenvalue weighted by Gasteiger charge is 2.26. The third-order valence-electron chi connectivity index (χ3n) is 5.59. The zero-order valence-corrected chi connectivity index (χ0v) is 17.7. The van der Waals surface area contributed by atoms with Crippen molar-refractivity contribution in [2.45, 2.75) is 52.7 Å². The Morgan fingerprint density at radius 3 is 1.45 bits per heavy atom. The average molecular weight is 395 g/mol. The van der Waals surface area contributed by atoms with Crippen molar-refractivity contribution in [3.8, 4) is 0 Å². The maximum Gasteiger partial charge on any atom is 0.251 e. The van der Waals surface area contributed by atoms with Crippen LogP contribution in [0.4, 0.5) is 0 Å². The lowest BCUT2D eigenvalue weighted by Crippen LogP contribution is -2.35. The maximum absolute atomic E-state index is 12.5. The Bertz CT molecular complexity index is 793. The van der Waals surface area contributed by atoms with Gasteiger partial charge in [0.1, 0.15) is 0 Å². The molecule has 1 heterocycles. The molecule has 0 saturated carbocycles. The van der Waals surface area contributed by atoms with Crippen molar-refractivity contribution in [1.82, 2.24) is 10.6 Å². The van der Waals surface area contributed by atoms with Gasteiger partial charge in [-0.1, -0.05) is 36.4 Å². The number of hydrogen-bond donors (Lipinski definition) is 2. The number of carbonyl (C=O) groups excluding carboxylic acids is 2. The summed E-state index contributed by atoms with van der Waals surface area (Å²) in [5, 5.41) is 5.99. The van der Waals surface area contributed by atoms with Gasteiger partial charge in [0.15, 0.2) is 0 Å². The van der Waals surface area contributed by atoms with Gasteiger partial charge >= 0.3 is 0 Å². The summed E-state index contributed by atoms with van der Waals surface area (Å²) in [7, 11) is 0. The smallest absolute Gasteiger partial charge is 0.251 e. The van der Waals surface area contributed by atoms with Crippen LogP contribution in [-0.2, 0) is 4.74 Å². The molecule has 1 aliphatic rings. The number of amides is 2. The van der Waals surface area contributed by atoms with Crippen LogP contribution >= 0.6 is 0 Å². The summed E-state index contributed by atoms with van der Waals surface area (Å²) in [4.78, 5) is 25.1. The van der Waals surface area contributed by atoms with E-state index in [1.807, 2.05) is 64.1 Å². The number of nitrogens with one attached hydrogen (secondary N) is 2. The Kier molecular flexibility index (Phi) is 6.70. The molecule has 1 saturated heterocycles. The molecule has 0 unspecified atom stereocenters. The maximum atomic E-state index is 12.5. The van der Waals surface area contributed by atoms with Crippen LogP contribution in [-0.4, -0.2) is 37.1 Å². The van der Waals surface area contributed by atoms with Gasteiger partial charge in [-0.25, -0.2) is 0 Å². The van der Waals surface area contributed by atoms with Gasteiger partial charge in [-0.05, 0) is 62.8 Å². The first-order valence-corrected chi connectivity index (χ1v) is 10.2. The highest BCUT2D eigenvalue weighted by Crippen LogP contribution is 2.20. The lowest BCUT2D eigenvalue weighted by atomic mass is 10.0. The minimum absolute atomic E-state index is 0.0228. The molecule has 1 fully saturated rings. The molecule has 2 atom stereocenters. The van der Waals surface area contributed by atoms with Gasteiger partial charge in [-0.15, -0.1) is 0 Å². The number of benzene rings is 2. The summed E-state index contributed by atoms with van der Waals surface area (Å²) in [5.74, 6) is -0.119. The van der Waals surface area contributed by atoms with Gasteiger partial charge in [0, 0.05) is 24.2 Å². The van der Waals surface area contributed by atoms with E-state index < -0.39 is 0 Å². The topological polar surface area (TPSA) is 67.4 Å². The van der Waals surface area contributed by atoms with Crippen LogP contribution in [0.2, 0.25) is 0 Å². The Balaban J connectivity index is 1.47. The number of rotatable bonds is 6. The van der Waals surface area contributed by atoms with Crippen LogP contribution in [0, 0.1) is 27.7 Å². The van der Waals surface area contributed by atoms with Gasteiger partial charge < -0.3 is 15.4 Å². The van der Waals surface area contributed by atoms with E-state index in [1.165, 1.54) is 0 Å². The van der Waals surface area contributed by atoms with Gasteiger partial charge in [-0.2, -0.15) is 0 Å². The predicted octanol–water partition coefficient (Wildman–Crippen LogP) is 3.63. The zero-order valence-electron chi connectivity index (χ0n) is 17.7. The largest absolute Gasteiger partial charge is 0.371 e. The molecule has 3 rings (SSSR count). The first-order valence-electron chi connectivity index (χ1n) is 10.2. The summed E-state index contributed by atoms with van der Waals surface area (Å²) in [6, 6.07) is 11.7. The first-order chi connectivity index (χ1) is 13.9. The van der Waals surface area contributed by atoms with Gasteiger partial charge in [0.2, 0.25) is 0 Å². The molecule has 2 N–H and O–H groups in total. The minimum atomic E-state index is -0.0593. The monoisotopic (exact) mass is 394 g/mol. The van der Waals surface area contributed by atoms with E-state index in [1.54, 1.807) is 0 Å². The highest BCUT2D eigenvalue weighted by molar-refractivity contribution is 5.97. The van der Waals surface area contributed by atoms with Gasteiger partial charge in [0.25, 0.3) is 11.8 Å². The third-order valence-corrected chi connectivity index (χ3v) is 5.59. The van der Waals surface area contributed by atoms with E-state index in [-0.39, 0.29) is 24.0 Å². The van der Waals surface area contributed by atoms with Crippen molar-refractivity contribution in [2.24, 2.45) is 0 Å². The molecule has 5 heteroatoms. The van der Waals surface area contributed by atoms with Crippen LogP contribution in [0.15, 0.2) is 36.4 Å². The fourth-order valence-corrected chi connectivity index (χ4v) is 4.02. The molecular weight excluding hydrogens is 364 g/mol. The number of ether oxygens (including phenoxy) is 1. The summed E-state index contributed by atoms with van der Waals surface area (Å²) in [6.07, 6.45) is 1.70. The minimum Gasteiger partial charge on any atom is -0.371 e. The highest BCUT2D eigenvalue weighted by atomic mass is 16.5. The lowest BCUT2D eigenvalue weighted by Gasteiger charge is -2.17. The predicted molar refractivity (Wildman–Crippen MR) is 114 cm³/mol. The van der Waals surface area contributed by atoms with Crippen LogP contribution in [0.5, 0.6) is 0 Å². The van der Waals surface area contributed by atoms with Crippen molar-refractivity contribution < 1.29 is 14.3 Å². The molecule has 1 aliphatic heterocycles. The van der Waals surface area contributed by atoms with Crippen molar-refractivity contribution in [1.29, 1.82) is 0 Å². The van der Waals surface area contributed by atoms with Crippen LogP contribution < -0.4 is 10.6 Å². The normalized spacial score (nSPS) is 18.5. The van der Waals surface area contributed by atoms with Gasteiger partial charge in [0.05, 0.1) is 12.2 Å². The first kappa shape index (κ1) is 21.1. The fourth-order valence-electron chi connectivity index (χ4n) is 4.02. The lowest BCUT2D eigenvalue weighted by molar-refractivity contribution is 0.0432. The Labute approximate surface area is 172 Å². The number of carbonyl (C=O) groups is 2. The standard InChI is InChI=1S/C24H30N2O3/c1-15-7-5-8-16(2)21(15)23(27)25-13-19-11-12-20(29-19)14-26-24(28)22-17(3)9-6-10-18(22)4/h5-10,19-20H,11-14H2,1-4H3,(H,25,27)(H,26,28)/t19-,20+. The molecule has 2 amide bonds. The number of aryl methyl sites for hydroxylation is 4. The van der Waals surface area contributed by atoms with E-state index >= 15 is 0 Å². The summed E-state index contributed by atoms with van der Waals surface area (Å²) in [5.41, 5.74) is 5.37. The Hall–Kier alpha value is -2.66. The molecule has 0 aromatic heterocycles. The van der Waals surface area contributed by atoms with E-state index in [2.05, 4.69) is 10.6 Å². The third kappa shape index (κ3) is 5.04. The molecule has 0 radical (unpaired) electrons.